The zero-order valence-corrected chi connectivity index (χ0v) is 14.1. The van der Waals surface area contributed by atoms with Gasteiger partial charge in [-0.3, -0.25) is 4.79 Å². The number of hydrogen-bond donors (Lipinski definition) is 1. The summed E-state index contributed by atoms with van der Waals surface area (Å²) in [4.78, 5) is 12.4. The normalized spacial score (nSPS) is 12.1. The van der Waals surface area contributed by atoms with E-state index in [4.69, 9.17) is 0 Å². The maximum absolute atomic E-state index is 12.4. The summed E-state index contributed by atoms with van der Waals surface area (Å²) in [6, 6.07) is 9.20. The highest BCUT2D eigenvalue weighted by atomic mass is 32.2. The molecule has 0 aliphatic heterocycles. The standard InChI is InChI=1S/C16H19N3O3S/c1-4-9-17-16(20)14-10-13-15(19(14)23(3,21)22)11-7-5-6-8-12(11)18(13)2/h5-8,10H,4,9H2,1-3H3,(H,17,20). The van der Waals surface area contributed by atoms with Gasteiger partial charge in [0.1, 0.15) is 5.69 Å². The second kappa shape index (κ2) is 5.42. The molecule has 0 atom stereocenters. The van der Waals surface area contributed by atoms with Crippen LogP contribution >= 0.6 is 0 Å². The molecular formula is C16H19N3O3S. The topological polar surface area (TPSA) is 73.1 Å². The van der Waals surface area contributed by atoms with Gasteiger partial charge in [0.25, 0.3) is 5.91 Å². The van der Waals surface area contributed by atoms with E-state index < -0.39 is 10.0 Å². The Morgan fingerprint density at radius 1 is 1.22 bits per heavy atom. The lowest BCUT2D eigenvalue weighted by atomic mass is 10.2. The Balaban J connectivity index is 2.39. The second-order valence-corrected chi connectivity index (χ2v) is 7.45. The van der Waals surface area contributed by atoms with Gasteiger partial charge in [-0.15, -0.1) is 0 Å². The number of rotatable bonds is 4. The molecule has 7 heteroatoms. The first-order valence-corrected chi connectivity index (χ1v) is 9.28. The van der Waals surface area contributed by atoms with Gasteiger partial charge in [-0.1, -0.05) is 25.1 Å². The number of hydrogen-bond acceptors (Lipinski definition) is 3. The van der Waals surface area contributed by atoms with Gasteiger partial charge in [0.15, 0.2) is 0 Å². The fourth-order valence-electron chi connectivity index (χ4n) is 2.91. The van der Waals surface area contributed by atoms with Crippen molar-refractivity contribution in [3.63, 3.8) is 0 Å². The SMILES string of the molecule is CCCNC(=O)c1cc2c(c3ccccc3n2C)n1S(C)(=O)=O. The van der Waals surface area contributed by atoms with E-state index in [0.29, 0.717) is 12.1 Å². The summed E-state index contributed by atoms with van der Waals surface area (Å²) < 4.78 is 27.7. The van der Waals surface area contributed by atoms with Crippen LogP contribution in [0.5, 0.6) is 0 Å². The minimum atomic E-state index is -3.62. The molecule has 6 nitrogen and oxygen atoms in total. The third-order valence-electron chi connectivity index (χ3n) is 3.92. The summed E-state index contributed by atoms with van der Waals surface area (Å²) in [5.74, 6) is -0.377. The molecule has 0 bridgehead atoms. The maximum atomic E-state index is 12.4. The molecule has 0 aliphatic rings. The van der Waals surface area contributed by atoms with Crippen LogP contribution in [-0.2, 0) is 17.1 Å². The molecule has 0 radical (unpaired) electrons. The van der Waals surface area contributed by atoms with E-state index in [9.17, 15) is 13.2 Å². The van der Waals surface area contributed by atoms with Gasteiger partial charge in [-0.25, -0.2) is 12.4 Å². The highest BCUT2D eigenvalue weighted by Crippen LogP contribution is 2.31. The Morgan fingerprint density at radius 3 is 2.57 bits per heavy atom. The van der Waals surface area contributed by atoms with Crippen molar-refractivity contribution in [2.75, 3.05) is 12.8 Å². The molecule has 3 rings (SSSR count). The Morgan fingerprint density at radius 2 is 1.91 bits per heavy atom. The molecule has 2 aromatic heterocycles. The number of fused-ring (bicyclic) bond motifs is 3. The minimum Gasteiger partial charge on any atom is -0.351 e. The summed E-state index contributed by atoms with van der Waals surface area (Å²) in [5, 5.41) is 3.56. The first-order valence-electron chi connectivity index (χ1n) is 7.44. The highest BCUT2D eigenvalue weighted by Gasteiger charge is 2.25. The molecular weight excluding hydrogens is 314 g/mol. The Hall–Kier alpha value is -2.28. The van der Waals surface area contributed by atoms with Gasteiger partial charge >= 0.3 is 0 Å². The smallest absolute Gasteiger partial charge is 0.269 e. The van der Waals surface area contributed by atoms with Crippen molar-refractivity contribution in [2.24, 2.45) is 7.05 Å². The summed E-state index contributed by atoms with van der Waals surface area (Å²) >= 11 is 0. The van der Waals surface area contributed by atoms with E-state index in [1.54, 1.807) is 6.07 Å². The maximum Gasteiger partial charge on any atom is 0.269 e. The zero-order valence-electron chi connectivity index (χ0n) is 13.3. The third-order valence-corrected chi connectivity index (χ3v) is 4.96. The fraction of sp³-hybridized carbons (Fsp3) is 0.312. The third kappa shape index (κ3) is 2.41. The molecule has 1 N–H and O–H groups in total. The quantitative estimate of drug-likeness (QED) is 0.794. The number of carbonyl (C=O) groups is 1. The van der Waals surface area contributed by atoms with Gasteiger partial charge in [-0.2, -0.15) is 0 Å². The van der Waals surface area contributed by atoms with Crippen LogP contribution in [0.1, 0.15) is 23.8 Å². The molecule has 1 amide bonds. The van der Waals surface area contributed by atoms with Crippen molar-refractivity contribution in [3.8, 4) is 0 Å². The van der Waals surface area contributed by atoms with Crippen molar-refractivity contribution in [2.45, 2.75) is 13.3 Å². The second-order valence-electron chi connectivity index (χ2n) is 5.62. The van der Waals surface area contributed by atoms with Crippen molar-refractivity contribution >= 4 is 37.9 Å². The Labute approximate surface area is 134 Å². The molecule has 122 valence electrons. The number of para-hydroxylation sites is 1. The van der Waals surface area contributed by atoms with E-state index in [1.165, 1.54) is 0 Å². The first kappa shape index (κ1) is 15.6. The summed E-state index contributed by atoms with van der Waals surface area (Å²) in [6.45, 7) is 2.45. The van der Waals surface area contributed by atoms with Gasteiger partial charge < -0.3 is 9.88 Å². The predicted molar refractivity (Wildman–Crippen MR) is 91.3 cm³/mol. The molecule has 1 aromatic carbocycles. The number of amides is 1. The lowest BCUT2D eigenvalue weighted by Crippen LogP contribution is -2.28. The van der Waals surface area contributed by atoms with Crippen LogP contribution in [-0.4, -0.2) is 35.7 Å². The monoisotopic (exact) mass is 333 g/mol. The summed E-state index contributed by atoms with van der Waals surface area (Å²) in [6.07, 6.45) is 1.90. The number of benzene rings is 1. The molecule has 2 heterocycles. The predicted octanol–water partition coefficient (Wildman–Crippen LogP) is 2.08. The average Bonchev–Trinajstić information content (AvgIpc) is 3.02. The number of aryl methyl sites for hydroxylation is 1. The molecule has 0 spiro atoms. The first-order chi connectivity index (χ1) is 10.9. The van der Waals surface area contributed by atoms with Crippen molar-refractivity contribution < 1.29 is 13.2 Å². The van der Waals surface area contributed by atoms with E-state index in [2.05, 4.69) is 5.32 Å². The molecule has 0 aliphatic carbocycles. The minimum absolute atomic E-state index is 0.146. The van der Waals surface area contributed by atoms with Gasteiger partial charge in [0, 0.05) is 19.0 Å². The van der Waals surface area contributed by atoms with Crippen molar-refractivity contribution in [3.05, 3.63) is 36.0 Å². The molecule has 3 aromatic rings. The van der Waals surface area contributed by atoms with Crippen LogP contribution in [0.25, 0.3) is 21.9 Å². The summed E-state index contributed by atoms with van der Waals surface area (Å²) in [7, 11) is -1.76. The van der Waals surface area contributed by atoms with E-state index >= 15 is 0 Å². The van der Waals surface area contributed by atoms with Crippen molar-refractivity contribution in [1.29, 1.82) is 0 Å². The molecule has 0 saturated carbocycles. The van der Waals surface area contributed by atoms with Crippen LogP contribution in [0, 0.1) is 0 Å². The van der Waals surface area contributed by atoms with Crippen LogP contribution < -0.4 is 5.32 Å². The molecule has 23 heavy (non-hydrogen) atoms. The zero-order chi connectivity index (χ0) is 16.8. The van der Waals surface area contributed by atoms with Crippen LogP contribution in [0.2, 0.25) is 0 Å². The van der Waals surface area contributed by atoms with Gasteiger partial charge in [0.2, 0.25) is 10.0 Å². The largest absolute Gasteiger partial charge is 0.351 e. The number of nitrogens with zero attached hydrogens (tertiary/aromatic N) is 2. The lowest BCUT2D eigenvalue weighted by Gasteiger charge is -2.08. The number of nitrogens with one attached hydrogen (secondary N) is 1. The van der Waals surface area contributed by atoms with Gasteiger partial charge in [0.05, 0.1) is 22.8 Å². The summed E-state index contributed by atoms with van der Waals surface area (Å²) in [5.41, 5.74) is 2.34. The van der Waals surface area contributed by atoms with Crippen LogP contribution in [0.15, 0.2) is 30.3 Å². The molecule has 0 unspecified atom stereocenters. The van der Waals surface area contributed by atoms with Crippen LogP contribution in [0.4, 0.5) is 0 Å². The van der Waals surface area contributed by atoms with E-state index in [0.717, 1.165) is 33.1 Å². The molecule has 0 fully saturated rings. The fourth-order valence-corrected chi connectivity index (χ4v) is 3.93. The van der Waals surface area contributed by atoms with Gasteiger partial charge in [-0.05, 0) is 18.6 Å². The Bertz CT molecular complexity index is 1010. The lowest BCUT2D eigenvalue weighted by molar-refractivity contribution is 0.0948. The number of carbonyl (C=O) groups excluding carboxylic acids is 1. The van der Waals surface area contributed by atoms with Crippen LogP contribution in [0.3, 0.4) is 0 Å². The highest BCUT2D eigenvalue weighted by molar-refractivity contribution is 7.89. The van der Waals surface area contributed by atoms with Crippen molar-refractivity contribution in [1.82, 2.24) is 13.9 Å². The average molecular weight is 333 g/mol. The molecule has 0 saturated heterocycles. The van der Waals surface area contributed by atoms with E-state index in [-0.39, 0.29) is 11.6 Å². The Kier molecular flexibility index (Phi) is 3.68. The number of aromatic nitrogens is 2. The van der Waals surface area contributed by atoms with E-state index in [1.807, 2.05) is 42.8 Å².